The van der Waals surface area contributed by atoms with Crippen LogP contribution >= 0.6 is 0 Å². The number of nitrogens with zero attached hydrogens (tertiary/aromatic N) is 4. The highest BCUT2D eigenvalue weighted by atomic mass is 16.2. The maximum Gasteiger partial charge on any atom is 0.223 e. The first kappa shape index (κ1) is 20.0. The minimum absolute atomic E-state index is 0.0527. The Morgan fingerprint density at radius 3 is 2.67 bits per heavy atom. The molecule has 1 saturated carbocycles. The molecule has 162 valence electrons. The van der Waals surface area contributed by atoms with Crippen LogP contribution in [0.2, 0.25) is 0 Å². The summed E-state index contributed by atoms with van der Waals surface area (Å²) in [6, 6.07) is 5.04. The lowest BCUT2D eigenvalue weighted by atomic mass is 9.78. The second kappa shape index (κ2) is 7.95. The molecular weight excluding hydrogens is 374 g/mol. The van der Waals surface area contributed by atoms with Gasteiger partial charge in [-0.2, -0.15) is 0 Å². The zero-order chi connectivity index (χ0) is 20.7. The van der Waals surface area contributed by atoms with E-state index in [1.807, 2.05) is 12.3 Å². The fourth-order valence-corrected chi connectivity index (χ4v) is 6.01. The number of nitrogens with one attached hydrogen (secondary N) is 1. The molecule has 3 aliphatic rings. The number of piperazine rings is 1. The quantitative estimate of drug-likeness (QED) is 0.793. The van der Waals surface area contributed by atoms with Gasteiger partial charge in [-0.15, -0.1) is 0 Å². The molecule has 3 fully saturated rings. The number of likely N-dealkylation sites (tertiary alicyclic amines) is 1. The van der Waals surface area contributed by atoms with Crippen LogP contribution in [0.5, 0.6) is 0 Å². The number of hydrogen-bond acceptors (Lipinski definition) is 4. The van der Waals surface area contributed by atoms with Crippen molar-refractivity contribution in [1.29, 1.82) is 0 Å². The predicted octanol–water partition coefficient (Wildman–Crippen LogP) is 3.54. The molecule has 1 amide bonds. The Balaban J connectivity index is 1.39. The molecule has 2 aromatic heterocycles. The number of amides is 1. The summed E-state index contributed by atoms with van der Waals surface area (Å²) in [5.41, 5.74) is 2.02. The summed E-state index contributed by atoms with van der Waals surface area (Å²) in [5.74, 6) is 2.01. The molecule has 1 aliphatic carbocycles. The number of hydrogen-bond donors (Lipinski definition) is 1. The van der Waals surface area contributed by atoms with Crippen molar-refractivity contribution in [3.8, 4) is 0 Å². The first-order valence-corrected chi connectivity index (χ1v) is 11.9. The number of pyridine rings is 1. The minimum atomic E-state index is 0.0527. The third-order valence-corrected chi connectivity index (χ3v) is 7.42. The van der Waals surface area contributed by atoms with Crippen molar-refractivity contribution in [3.63, 3.8) is 0 Å². The van der Waals surface area contributed by atoms with Crippen molar-refractivity contribution in [2.75, 3.05) is 13.1 Å². The Labute approximate surface area is 179 Å². The highest BCUT2D eigenvalue weighted by Crippen LogP contribution is 2.44. The van der Waals surface area contributed by atoms with Crippen molar-refractivity contribution in [3.05, 3.63) is 24.2 Å². The Kier molecular flexibility index (Phi) is 5.30. The molecule has 2 aromatic rings. The van der Waals surface area contributed by atoms with Gasteiger partial charge in [0.2, 0.25) is 5.91 Å². The van der Waals surface area contributed by atoms with E-state index >= 15 is 0 Å². The lowest BCUT2D eigenvalue weighted by molar-refractivity contribution is -0.135. The highest BCUT2D eigenvalue weighted by Gasteiger charge is 2.41. The fraction of sp³-hybridized carbons (Fsp3) is 0.708. The number of aromatic nitrogens is 3. The molecule has 2 atom stereocenters. The first-order valence-electron chi connectivity index (χ1n) is 11.9. The number of carbonyl (C=O) groups is 1. The van der Waals surface area contributed by atoms with Crippen LogP contribution in [0.3, 0.4) is 0 Å². The second-order valence-electron chi connectivity index (χ2n) is 10.4. The Morgan fingerprint density at radius 1 is 1.23 bits per heavy atom. The van der Waals surface area contributed by atoms with Gasteiger partial charge in [0, 0.05) is 50.8 Å². The van der Waals surface area contributed by atoms with Crippen molar-refractivity contribution in [2.24, 2.45) is 11.3 Å². The Bertz CT molecular complexity index is 901. The van der Waals surface area contributed by atoms with Gasteiger partial charge >= 0.3 is 0 Å². The zero-order valence-corrected chi connectivity index (χ0v) is 18.4. The van der Waals surface area contributed by atoms with E-state index in [-0.39, 0.29) is 5.41 Å². The molecule has 5 rings (SSSR count). The Hall–Kier alpha value is -1.95. The second-order valence-corrected chi connectivity index (χ2v) is 10.4. The highest BCUT2D eigenvalue weighted by molar-refractivity contribution is 5.77. The van der Waals surface area contributed by atoms with E-state index in [1.54, 1.807) is 0 Å². The van der Waals surface area contributed by atoms with E-state index < -0.39 is 0 Å². The monoisotopic (exact) mass is 409 g/mol. The zero-order valence-electron chi connectivity index (χ0n) is 18.4. The molecule has 6 nitrogen and oxygen atoms in total. The number of imidazole rings is 1. The standard InChI is InChI=1S/C24H35N5O/c1-17(2)14-29-21(27-20-6-5-11-25-23(20)29)12-24(9-3-4-10-24)13-22(30)28-15-18-7-8-19(16-28)26-18/h5-6,11,17-19,26H,3-4,7-10,12-16H2,1-2H3/t18-,19+. The minimum Gasteiger partial charge on any atom is -0.340 e. The number of fused-ring (bicyclic) bond motifs is 3. The van der Waals surface area contributed by atoms with E-state index in [1.165, 1.54) is 25.7 Å². The van der Waals surface area contributed by atoms with Gasteiger partial charge in [-0.25, -0.2) is 9.97 Å². The van der Waals surface area contributed by atoms with Gasteiger partial charge in [-0.1, -0.05) is 26.7 Å². The summed E-state index contributed by atoms with van der Waals surface area (Å²) in [6.07, 6.45) is 10.6. The van der Waals surface area contributed by atoms with Crippen LogP contribution < -0.4 is 5.32 Å². The average molecular weight is 410 g/mol. The maximum absolute atomic E-state index is 13.4. The smallest absolute Gasteiger partial charge is 0.223 e. The van der Waals surface area contributed by atoms with Gasteiger partial charge in [0.15, 0.2) is 5.65 Å². The first-order chi connectivity index (χ1) is 14.5. The lowest BCUT2D eigenvalue weighted by Crippen LogP contribution is -2.53. The molecule has 6 heteroatoms. The van der Waals surface area contributed by atoms with Crippen LogP contribution in [0.15, 0.2) is 18.3 Å². The average Bonchev–Trinajstić information content (AvgIpc) is 3.40. The van der Waals surface area contributed by atoms with E-state index in [4.69, 9.17) is 4.98 Å². The number of rotatable bonds is 6. The lowest BCUT2D eigenvalue weighted by Gasteiger charge is -2.36. The van der Waals surface area contributed by atoms with Crippen LogP contribution in [0, 0.1) is 11.3 Å². The van der Waals surface area contributed by atoms with Gasteiger partial charge in [0.1, 0.15) is 11.3 Å². The van der Waals surface area contributed by atoms with Crippen LogP contribution in [-0.2, 0) is 17.8 Å². The van der Waals surface area contributed by atoms with Crippen LogP contribution in [0.25, 0.3) is 11.2 Å². The topological polar surface area (TPSA) is 63.1 Å². The van der Waals surface area contributed by atoms with Crippen molar-refractivity contribution >= 4 is 17.1 Å². The van der Waals surface area contributed by atoms with Gasteiger partial charge in [-0.05, 0) is 49.1 Å². The largest absolute Gasteiger partial charge is 0.340 e. The van der Waals surface area contributed by atoms with Crippen LogP contribution in [0.1, 0.15) is 64.6 Å². The van der Waals surface area contributed by atoms with E-state index in [0.29, 0.717) is 30.3 Å². The molecule has 0 aromatic carbocycles. The molecule has 30 heavy (non-hydrogen) atoms. The van der Waals surface area contributed by atoms with Crippen molar-refractivity contribution in [1.82, 2.24) is 24.8 Å². The molecule has 2 bridgehead atoms. The summed E-state index contributed by atoms with van der Waals surface area (Å²) < 4.78 is 2.32. The number of carbonyl (C=O) groups excluding carboxylic acids is 1. The van der Waals surface area contributed by atoms with Gasteiger partial charge < -0.3 is 14.8 Å². The van der Waals surface area contributed by atoms with E-state index in [0.717, 1.165) is 55.9 Å². The SMILES string of the molecule is CC(C)Cn1c(CC2(CC(=O)N3C[C@H]4CC[C@@H](C3)N4)CCCC2)nc2cccnc21. The maximum atomic E-state index is 13.4. The molecule has 0 unspecified atom stereocenters. The van der Waals surface area contributed by atoms with Gasteiger partial charge in [0.25, 0.3) is 0 Å². The van der Waals surface area contributed by atoms with E-state index in [2.05, 4.69) is 39.7 Å². The molecule has 2 saturated heterocycles. The van der Waals surface area contributed by atoms with Crippen LogP contribution in [-0.4, -0.2) is 50.5 Å². The summed E-state index contributed by atoms with van der Waals surface area (Å²) in [6.45, 7) is 7.19. The molecule has 2 aliphatic heterocycles. The predicted molar refractivity (Wildman–Crippen MR) is 118 cm³/mol. The third-order valence-electron chi connectivity index (χ3n) is 7.42. The summed E-state index contributed by atoms with van der Waals surface area (Å²) in [4.78, 5) is 25.1. The van der Waals surface area contributed by atoms with E-state index in [9.17, 15) is 4.79 Å². The molecule has 0 spiro atoms. The summed E-state index contributed by atoms with van der Waals surface area (Å²) in [7, 11) is 0. The molecule has 0 radical (unpaired) electrons. The third kappa shape index (κ3) is 3.86. The summed E-state index contributed by atoms with van der Waals surface area (Å²) >= 11 is 0. The normalized spacial score (nSPS) is 25.5. The van der Waals surface area contributed by atoms with Crippen molar-refractivity contribution in [2.45, 2.75) is 83.8 Å². The van der Waals surface area contributed by atoms with Gasteiger partial charge in [0.05, 0.1) is 0 Å². The van der Waals surface area contributed by atoms with Crippen LogP contribution in [0.4, 0.5) is 0 Å². The Morgan fingerprint density at radius 2 is 1.97 bits per heavy atom. The van der Waals surface area contributed by atoms with Crippen molar-refractivity contribution < 1.29 is 4.79 Å². The molecule has 4 heterocycles. The fourth-order valence-electron chi connectivity index (χ4n) is 6.01. The summed E-state index contributed by atoms with van der Waals surface area (Å²) in [5, 5.41) is 3.64. The van der Waals surface area contributed by atoms with Gasteiger partial charge in [-0.3, -0.25) is 4.79 Å². The molecule has 1 N–H and O–H groups in total. The molecular formula is C24H35N5O.